The van der Waals surface area contributed by atoms with Crippen LogP contribution in [0.25, 0.3) is 10.9 Å². The lowest BCUT2D eigenvalue weighted by atomic mass is 10.1. The lowest BCUT2D eigenvalue weighted by molar-refractivity contribution is 0.0511. The van der Waals surface area contributed by atoms with E-state index >= 15 is 0 Å². The fourth-order valence-electron chi connectivity index (χ4n) is 3.69. The molecule has 1 saturated carbocycles. The molecule has 2 aliphatic rings. The quantitative estimate of drug-likeness (QED) is 0.874. The third-order valence-corrected chi connectivity index (χ3v) is 5.39. The molecular formula is C20H26N2O3. The highest BCUT2D eigenvalue weighted by Crippen LogP contribution is 2.32. The minimum Gasteiger partial charge on any atom is -0.497 e. The average Bonchev–Trinajstić information content (AvgIpc) is 3.18. The van der Waals surface area contributed by atoms with Gasteiger partial charge in [0.25, 0.3) is 5.91 Å². The Morgan fingerprint density at radius 1 is 1.32 bits per heavy atom. The SMILES string of the molecule is COc1ccc2[nH]c(C(=O)N(CC3CC3)CC3CCCO3)c(C)c2c1. The van der Waals surface area contributed by atoms with Crippen molar-refractivity contribution in [1.82, 2.24) is 9.88 Å². The Bertz CT molecular complexity index is 773. The second kappa shape index (κ2) is 6.71. The van der Waals surface area contributed by atoms with Gasteiger partial charge >= 0.3 is 0 Å². The number of benzene rings is 1. The molecule has 1 aliphatic carbocycles. The number of H-pyrrole nitrogens is 1. The van der Waals surface area contributed by atoms with E-state index in [0.717, 1.165) is 48.2 Å². The Balaban J connectivity index is 1.61. The van der Waals surface area contributed by atoms with E-state index in [0.29, 0.717) is 18.2 Å². The fourth-order valence-corrected chi connectivity index (χ4v) is 3.69. The van der Waals surface area contributed by atoms with Gasteiger partial charge in [-0.05, 0) is 62.3 Å². The van der Waals surface area contributed by atoms with Crippen molar-refractivity contribution in [3.8, 4) is 5.75 Å². The Hall–Kier alpha value is -2.01. The van der Waals surface area contributed by atoms with E-state index in [9.17, 15) is 4.79 Å². The van der Waals surface area contributed by atoms with Gasteiger partial charge in [0.1, 0.15) is 11.4 Å². The largest absolute Gasteiger partial charge is 0.497 e. The van der Waals surface area contributed by atoms with Crippen LogP contribution in [0, 0.1) is 12.8 Å². The number of aryl methyl sites for hydroxylation is 1. The first-order valence-corrected chi connectivity index (χ1v) is 9.23. The van der Waals surface area contributed by atoms with E-state index in [1.807, 2.05) is 30.0 Å². The highest BCUT2D eigenvalue weighted by molar-refractivity contribution is 6.01. The van der Waals surface area contributed by atoms with Crippen LogP contribution in [0.5, 0.6) is 5.75 Å². The highest BCUT2D eigenvalue weighted by atomic mass is 16.5. The maximum absolute atomic E-state index is 13.2. The first kappa shape index (κ1) is 16.5. The first-order valence-electron chi connectivity index (χ1n) is 9.23. The van der Waals surface area contributed by atoms with Gasteiger partial charge < -0.3 is 19.4 Å². The van der Waals surface area contributed by atoms with Crippen LogP contribution in [0.15, 0.2) is 18.2 Å². The Morgan fingerprint density at radius 3 is 2.84 bits per heavy atom. The molecule has 2 aromatic rings. The molecule has 1 amide bonds. The zero-order chi connectivity index (χ0) is 17.4. The number of ether oxygens (including phenoxy) is 2. The topological polar surface area (TPSA) is 54.6 Å². The van der Waals surface area contributed by atoms with Crippen molar-refractivity contribution in [3.63, 3.8) is 0 Å². The minimum atomic E-state index is 0.0927. The fraction of sp³-hybridized carbons (Fsp3) is 0.550. The van der Waals surface area contributed by atoms with Gasteiger partial charge in [-0.25, -0.2) is 0 Å². The number of hydrogen-bond acceptors (Lipinski definition) is 3. The number of nitrogens with one attached hydrogen (secondary N) is 1. The molecule has 25 heavy (non-hydrogen) atoms. The van der Waals surface area contributed by atoms with Gasteiger partial charge in [0, 0.05) is 30.6 Å². The zero-order valence-corrected chi connectivity index (χ0v) is 15.0. The number of nitrogens with zero attached hydrogens (tertiary/aromatic N) is 1. The summed E-state index contributed by atoms with van der Waals surface area (Å²) in [6, 6.07) is 5.88. The summed E-state index contributed by atoms with van der Waals surface area (Å²) in [5.74, 6) is 1.56. The van der Waals surface area contributed by atoms with E-state index in [4.69, 9.17) is 9.47 Å². The lowest BCUT2D eigenvalue weighted by Crippen LogP contribution is -2.39. The summed E-state index contributed by atoms with van der Waals surface area (Å²) in [7, 11) is 1.66. The lowest BCUT2D eigenvalue weighted by Gasteiger charge is -2.25. The third-order valence-electron chi connectivity index (χ3n) is 5.39. The average molecular weight is 342 g/mol. The highest BCUT2D eigenvalue weighted by Gasteiger charge is 2.31. The molecule has 1 aromatic heterocycles. The molecule has 1 atom stereocenters. The van der Waals surface area contributed by atoms with E-state index in [1.54, 1.807) is 7.11 Å². The molecule has 4 rings (SSSR count). The Labute approximate surface area is 148 Å². The van der Waals surface area contributed by atoms with Gasteiger partial charge in [0.05, 0.1) is 13.2 Å². The maximum atomic E-state index is 13.2. The Kier molecular flexibility index (Phi) is 4.42. The molecule has 0 bridgehead atoms. The molecule has 2 heterocycles. The van der Waals surface area contributed by atoms with Crippen LogP contribution >= 0.6 is 0 Å². The van der Waals surface area contributed by atoms with Crippen molar-refractivity contribution in [2.75, 3.05) is 26.8 Å². The maximum Gasteiger partial charge on any atom is 0.270 e. The smallest absolute Gasteiger partial charge is 0.270 e. The summed E-state index contributed by atoms with van der Waals surface area (Å²) in [5, 5.41) is 1.05. The number of methoxy groups -OCH3 is 1. The Morgan fingerprint density at radius 2 is 2.16 bits per heavy atom. The van der Waals surface area contributed by atoms with E-state index < -0.39 is 0 Å². The van der Waals surface area contributed by atoms with Gasteiger partial charge in [0.15, 0.2) is 0 Å². The van der Waals surface area contributed by atoms with Gasteiger partial charge in [0.2, 0.25) is 0 Å². The number of carbonyl (C=O) groups excluding carboxylic acids is 1. The van der Waals surface area contributed by atoms with Crippen molar-refractivity contribution in [3.05, 3.63) is 29.5 Å². The second-order valence-corrected chi connectivity index (χ2v) is 7.33. The summed E-state index contributed by atoms with van der Waals surface area (Å²) < 4.78 is 11.1. The molecule has 1 unspecified atom stereocenters. The van der Waals surface area contributed by atoms with Crippen LogP contribution in [-0.2, 0) is 4.74 Å². The summed E-state index contributed by atoms with van der Waals surface area (Å²) in [4.78, 5) is 18.6. The number of hydrogen-bond donors (Lipinski definition) is 1. The molecule has 1 saturated heterocycles. The number of amides is 1. The number of fused-ring (bicyclic) bond motifs is 1. The van der Waals surface area contributed by atoms with Gasteiger partial charge in [-0.15, -0.1) is 0 Å². The number of aromatic nitrogens is 1. The second-order valence-electron chi connectivity index (χ2n) is 7.33. The predicted molar refractivity (Wildman–Crippen MR) is 97.2 cm³/mol. The summed E-state index contributed by atoms with van der Waals surface area (Å²) in [5.41, 5.74) is 2.67. The van der Waals surface area contributed by atoms with Gasteiger partial charge in [-0.1, -0.05) is 0 Å². The summed E-state index contributed by atoms with van der Waals surface area (Å²) in [6.45, 7) is 4.37. The molecule has 5 heteroatoms. The molecular weight excluding hydrogens is 316 g/mol. The van der Waals surface area contributed by atoms with Crippen LogP contribution in [-0.4, -0.2) is 48.7 Å². The zero-order valence-electron chi connectivity index (χ0n) is 15.0. The molecule has 0 spiro atoms. The number of carbonyl (C=O) groups is 1. The third kappa shape index (κ3) is 3.38. The van der Waals surface area contributed by atoms with Crippen LogP contribution < -0.4 is 4.74 Å². The molecule has 5 nitrogen and oxygen atoms in total. The minimum absolute atomic E-state index is 0.0927. The standard InChI is InChI=1S/C20H26N2O3/c1-13-17-10-15(24-2)7-8-18(17)21-19(13)20(23)22(11-14-5-6-14)12-16-4-3-9-25-16/h7-8,10,14,16,21H,3-6,9,11-12H2,1-2H3. The summed E-state index contributed by atoms with van der Waals surface area (Å²) >= 11 is 0. The van der Waals surface area contributed by atoms with Crippen LogP contribution in [0.1, 0.15) is 41.7 Å². The molecule has 0 radical (unpaired) electrons. The summed E-state index contributed by atoms with van der Waals surface area (Å²) in [6.07, 6.45) is 4.81. The van der Waals surface area contributed by atoms with Crippen molar-refractivity contribution in [1.29, 1.82) is 0 Å². The molecule has 2 fully saturated rings. The van der Waals surface area contributed by atoms with Crippen LogP contribution in [0.2, 0.25) is 0 Å². The van der Waals surface area contributed by atoms with Gasteiger partial charge in [-0.2, -0.15) is 0 Å². The van der Waals surface area contributed by atoms with Crippen molar-refractivity contribution in [2.45, 2.75) is 38.7 Å². The van der Waals surface area contributed by atoms with Crippen molar-refractivity contribution >= 4 is 16.8 Å². The van der Waals surface area contributed by atoms with E-state index in [-0.39, 0.29) is 12.0 Å². The van der Waals surface area contributed by atoms with E-state index in [2.05, 4.69) is 4.98 Å². The predicted octanol–water partition coefficient (Wildman–Crippen LogP) is 3.52. The first-order chi connectivity index (χ1) is 12.2. The monoisotopic (exact) mass is 342 g/mol. The number of rotatable bonds is 6. The van der Waals surface area contributed by atoms with E-state index in [1.165, 1.54) is 12.8 Å². The molecule has 1 N–H and O–H groups in total. The van der Waals surface area contributed by atoms with Crippen molar-refractivity contribution in [2.24, 2.45) is 5.92 Å². The molecule has 1 aliphatic heterocycles. The van der Waals surface area contributed by atoms with Crippen molar-refractivity contribution < 1.29 is 14.3 Å². The van der Waals surface area contributed by atoms with Crippen LogP contribution in [0.4, 0.5) is 0 Å². The molecule has 1 aromatic carbocycles. The normalized spacial score (nSPS) is 20.2. The number of aromatic amines is 1. The van der Waals surface area contributed by atoms with Crippen LogP contribution in [0.3, 0.4) is 0 Å². The van der Waals surface area contributed by atoms with Gasteiger partial charge in [-0.3, -0.25) is 4.79 Å². The molecule has 134 valence electrons.